The summed E-state index contributed by atoms with van der Waals surface area (Å²) in [6, 6.07) is 0. The number of Topliss-reactive ketones (excluding diaryl/α,β-unsaturated/α-hetero) is 1. The zero-order valence-corrected chi connectivity index (χ0v) is 6.77. The molecule has 9 heavy (non-hydrogen) atoms. The van der Waals surface area contributed by atoms with Crippen LogP contribution in [0.4, 0.5) is 0 Å². The Balaban J connectivity index is 3.50. The zero-order chi connectivity index (χ0) is 7.44. The van der Waals surface area contributed by atoms with Crippen LogP contribution in [0.15, 0.2) is 0 Å². The van der Waals surface area contributed by atoms with Crippen molar-refractivity contribution in [1.29, 1.82) is 0 Å². The first-order chi connectivity index (χ1) is 4.04. The average molecular weight is 128 g/mol. The van der Waals surface area contributed by atoms with Crippen molar-refractivity contribution >= 4 is 5.78 Å². The normalized spacial score (nSPS) is 13.9. The van der Waals surface area contributed by atoms with Gasteiger partial charge in [-0.15, -0.1) is 0 Å². The Labute approximate surface area is 57.5 Å². The Hall–Kier alpha value is -0.330. The summed E-state index contributed by atoms with van der Waals surface area (Å²) in [6.07, 6.45) is 0.734. The molecule has 0 saturated carbocycles. The molecular formula is C8H16O. The van der Waals surface area contributed by atoms with Gasteiger partial charge >= 0.3 is 0 Å². The molecule has 0 saturated heterocycles. The van der Waals surface area contributed by atoms with Crippen molar-refractivity contribution < 1.29 is 4.79 Å². The fourth-order valence-electron chi connectivity index (χ4n) is 0.689. The second-order valence-corrected chi connectivity index (χ2v) is 3.13. The lowest BCUT2D eigenvalue weighted by molar-refractivity contribution is -0.118. The van der Waals surface area contributed by atoms with Crippen LogP contribution in [0.1, 0.15) is 34.1 Å². The van der Waals surface area contributed by atoms with Crippen molar-refractivity contribution in [3.63, 3.8) is 0 Å². The van der Waals surface area contributed by atoms with Crippen LogP contribution in [0.25, 0.3) is 0 Å². The molecule has 0 bridgehead atoms. The summed E-state index contributed by atoms with van der Waals surface area (Å²) in [5, 5.41) is 0. The summed E-state index contributed by atoms with van der Waals surface area (Å²) >= 11 is 0. The van der Waals surface area contributed by atoms with Crippen LogP contribution in [-0.4, -0.2) is 5.78 Å². The standard InChI is InChI=1S/C8H16O/c1-6(2)7(3)5-8(4)9/h6-7H,5H2,1-4H3/t7-/m0/s1. The van der Waals surface area contributed by atoms with Gasteiger partial charge in [0.25, 0.3) is 0 Å². The third-order valence-corrected chi connectivity index (χ3v) is 1.75. The molecule has 1 atom stereocenters. The summed E-state index contributed by atoms with van der Waals surface area (Å²) in [5.41, 5.74) is 0. The summed E-state index contributed by atoms with van der Waals surface area (Å²) in [4.78, 5) is 10.6. The Morgan fingerprint density at radius 2 is 1.78 bits per heavy atom. The Kier molecular flexibility index (Phi) is 3.52. The molecule has 1 nitrogen and oxygen atoms in total. The number of hydrogen-bond donors (Lipinski definition) is 0. The third-order valence-electron chi connectivity index (χ3n) is 1.75. The minimum atomic E-state index is 0.302. The van der Waals surface area contributed by atoms with Crippen molar-refractivity contribution in [2.45, 2.75) is 34.1 Å². The van der Waals surface area contributed by atoms with Gasteiger partial charge in [-0.1, -0.05) is 20.8 Å². The van der Waals surface area contributed by atoms with Crippen molar-refractivity contribution in [3.8, 4) is 0 Å². The van der Waals surface area contributed by atoms with Gasteiger partial charge in [0.15, 0.2) is 0 Å². The minimum absolute atomic E-state index is 0.302. The van der Waals surface area contributed by atoms with Crippen molar-refractivity contribution in [2.24, 2.45) is 11.8 Å². The quantitative estimate of drug-likeness (QED) is 0.569. The third kappa shape index (κ3) is 4.19. The lowest BCUT2D eigenvalue weighted by Gasteiger charge is -2.12. The van der Waals surface area contributed by atoms with Gasteiger partial charge in [0.2, 0.25) is 0 Å². The largest absolute Gasteiger partial charge is 0.300 e. The topological polar surface area (TPSA) is 17.1 Å². The maximum atomic E-state index is 10.6. The van der Waals surface area contributed by atoms with Crippen LogP contribution in [0.2, 0.25) is 0 Å². The molecular weight excluding hydrogens is 112 g/mol. The molecule has 0 spiro atoms. The fourth-order valence-corrected chi connectivity index (χ4v) is 0.689. The van der Waals surface area contributed by atoms with Gasteiger partial charge in [0.1, 0.15) is 5.78 Å². The highest BCUT2D eigenvalue weighted by Crippen LogP contribution is 2.13. The Bertz CT molecular complexity index is 94.7. The number of carbonyl (C=O) groups excluding carboxylic acids is 1. The van der Waals surface area contributed by atoms with E-state index >= 15 is 0 Å². The van der Waals surface area contributed by atoms with E-state index in [1.807, 2.05) is 0 Å². The van der Waals surface area contributed by atoms with Gasteiger partial charge in [0, 0.05) is 6.42 Å². The maximum Gasteiger partial charge on any atom is 0.130 e. The van der Waals surface area contributed by atoms with Crippen LogP contribution in [0.5, 0.6) is 0 Å². The van der Waals surface area contributed by atoms with Gasteiger partial charge in [0.05, 0.1) is 0 Å². The molecule has 0 aromatic rings. The highest BCUT2D eigenvalue weighted by atomic mass is 16.1. The first kappa shape index (κ1) is 8.67. The molecule has 0 aromatic carbocycles. The van der Waals surface area contributed by atoms with E-state index in [1.54, 1.807) is 6.92 Å². The lowest BCUT2D eigenvalue weighted by Crippen LogP contribution is -2.07. The van der Waals surface area contributed by atoms with Gasteiger partial charge in [-0.05, 0) is 18.8 Å². The molecule has 0 amide bonds. The number of carbonyl (C=O) groups is 1. The Morgan fingerprint density at radius 1 is 1.33 bits per heavy atom. The van der Waals surface area contributed by atoms with E-state index in [0.29, 0.717) is 17.6 Å². The molecule has 0 aliphatic carbocycles. The van der Waals surface area contributed by atoms with Gasteiger partial charge in [-0.2, -0.15) is 0 Å². The lowest BCUT2D eigenvalue weighted by atomic mass is 9.93. The summed E-state index contributed by atoms with van der Waals surface area (Å²) in [7, 11) is 0. The van der Waals surface area contributed by atoms with Crippen molar-refractivity contribution in [3.05, 3.63) is 0 Å². The van der Waals surface area contributed by atoms with Crippen LogP contribution < -0.4 is 0 Å². The van der Waals surface area contributed by atoms with Crippen LogP contribution in [-0.2, 0) is 4.79 Å². The smallest absolute Gasteiger partial charge is 0.130 e. The maximum absolute atomic E-state index is 10.6. The van der Waals surface area contributed by atoms with E-state index in [9.17, 15) is 4.79 Å². The van der Waals surface area contributed by atoms with E-state index in [2.05, 4.69) is 20.8 Å². The second-order valence-electron chi connectivity index (χ2n) is 3.13. The van der Waals surface area contributed by atoms with Gasteiger partial charge in [-0.3, -0.25) is 0 Å². The van der Waals surface area contributed by atoms with Crippen molar-refractivity contribution in [2.75, 3.05) is 0 Å². The SMILES string of the molecule is CC(=O)C[C@H](C)C(C)C. The average Bonchev–Trinajstić information content (AvgIpc) is 1.63. The van der Waals surface area contributed by atoms with Crippen LogP contribution in [0.3, 0.4) is 0 Å². The number of ketones is 1. The highest BCUT2D eigenvalue weighted by Gasteiger charge is 2.08. The molecule has 0 fully saturated rings. The van der Waals surface area contributed by atoms with Crippen molar-refractivity contribution in [1.82, 2.24) is 0 Å². The number of hydrogen-bond acceptors (Lipinski definition) is 1. The van der Waals surface area contributed by atoms with Gasteiger partial charge < -0.3 is 4.79 Å². The first-order valence-corrected chi connectivity index (χ1v) is 3.53. The van der Waals surface area contributed by atoms with E-state index < -0.39 is 0 Å². The predicted molar refractivity (Wildman–Crippen MR) is 39.3 cm³/mol. The molecule has 0 heterocycles. The monoisotopic (exact) mass is 128 g/mol. The summed E-state index contributed by atoms with van der Waals surface area (Å²) in [5.74, 6) is 1.48. The van der Waals surface area contributed by atoms with Gasteiger partial charge in [-0.25, -0.2) is 0 Å². The van der Waals surface area contributed by atoms with Crippen LogP contribution in [0, 0.1) is 11.8 Å². The highest BCUT2D eigenvalue weighted by molar-refractivity contribution is 5.75. The molecule has 0 rings (SSSR count). The number of rotatable bonds is 3. The van der Waals surface area contributed by atoms with E-state index in [1.165, 1.54) is 0 Å². The molecule has 1 heteroatoms. The second kappa shape index (κ2) is 3.65. The van der Waals surface area contributed by atoms with E-state index in [-0.39, 0.29) is 0 Å². The van der Waals surface area contributed by atoms with E-state index in [4.69, 9.17) is 0 Å². The minimum Gasteiger partial charge on any atom is -0.300 e. The predicted octanol–water partition coefficient (Wildman–Crippen LogP) is 2.26. The molecule has 0 aliphatic rings. The first-order valence-electron chi connectivity index (χ1n) is 3.53. The molecule has 54 valence electrons. The molecule has 0 radical (unpaired) electrons. The zero-order valence-electron chi connectivity index (χ0n) is 6.77. The molecule has 0 N–H and O–H groups in total. The van der Waals surface area contributed by atoms with Crippen LogP contribution >= 0.6 is 0 Å². The molecule has 0 unspecified atom stereocenters. The Morgan fingerprint density at radius 3 is 1.89 bits per heavy atom. The molecule has 0 aliphatic heterocycles. The molecule has 0 aromatic heterocycles. The summed E-state index contributed by atoms with van der Waals surface area (Å²) in [6.45, 7) is 8.06. The fraction of sp³-hybridized carbons (Fsp3) is 0.875. The summed E-state index contributed by atoms with van der Waals surface area (Å²) < 4.78 is 0. The van der Waals surface area contributed by atoms with E-state index in [0.717, 1.165) is 6.42 Å².